The molecular weight excluding hydrogens is 328 g/mol. The minimum Gasteiger partial charge on any atom is -0.340 e. The van der Waals surface area contributed by atoms with E-state index in [0.717, 1.165) is 11.0 Å². The van der Waals surface area contributed by atoms with Crippen molar-refractivity contribution < 1.29 is 13.2 Å². The highest BCUT2D eigenvalue weighted by atomic mass is 32.2. The van der Waals surface area contributed by atoms with Crippen LogP contribution in [-0.4, -0.2) is 57.3 Å². The molecule has 0 spiro atoms. The molecule has 0 N–H and O–H groups in total. The fourth-order valence-electron chi connectivity index (χ4n) is 2.97. The average Bonchev–Trinajstić information content (AvgIpc) is 3.14. The van der Waals surface area contributed by atoms with E-state index in [0.29, 0.717) is 13.0 Å². The molecule has 7 nitrogen and oxygen atoms in total. The van der Waals surface area contributed by atoms with Gasteiger partial charge in [0.2, 0.25) is 5.91 Å². The van der Waals surface area contributed by atoms with Gasteiger partial charge in [0.1, 0.15) is 12.1 Å². The Labute approximate surface area is 141 Å². The minimum atomic E-state index is -3.27. The first-order chi connectivity index (χ1) is 11.2. The first kappa shape index (κ1) is 16.9. The monoisotopic (exact) mass is 350 g/mol. The highest BCUT2D eigenvalue weighted by Crippen LogP contribution is 2.27. The lowest BCUT2D eigenvalue weighted by Crippen LogP contribution is -2.40. The van der Waals surface area contributed by atoms with Crippen molar-refractivity contribution in [2.24, 2.45) is 0 Å². The number of hydrogen-bond donors (Lipinski definition) is 0. The van der Waals surface area contributed by atoms with Gasteiger partial charge in [-0.15, -0.1) is 5.10 Å². The lowest BCUT2D eigenvalue weighted by molar-refractivity contribution is -0.130. The van der Waals surface area contributed by atoms with Crippen molar-refractivity contribution >= 4 is 26.8 Å². The summed E-state index contributed by atoms with van der Waals surface area (Å²) in [5.74, 6) is -0.128. The van der Waals surface area contributed by atoms with Gasteiger partial charge in [-0.2, -0.15) is 0 Å². The van der Waals surface area contributed by atoms with Gasteiger partial charge in [0.05, 0.1) is 15.5 Å². The smallest absolute Gasteiger partial charge is 0.244 e. The Hall–Kier alpha value is -1.96. The zero-order valence-electron chi connectivity index (χ0n) is 14.1. The predicted octanol–water partition coefficient (Wildman–Crippen LogP) is 1.25. The van der Waals surface area contributed by atoms with E-state index in [4.69, 9.17) is 0 Å². The Balaban J connectivity index is 1.71. The summed E-state index contributed by atoms with van der Waals surface area (Å²) in [7, 11) is -3.27. The van der Waals surface area contributed by atoms with Crippen molar-refractivity contribution in [1.82, 2.24) is 19.9 Å². The third kappa shape index (κ3) is 2.90. The SMILES string of the molecule is CC(C)(C)S(=O)(=O)[C@@H]1CCN(C(=O)Cn2nnc3ccccc32)C1. The molecule has 3 rings (SSSR count). The highest BCUT2D eigenvalue weighted by Gasteiger charge is 2.41. The molecule has 1 aliphatic rings. The number of benzene rings is 1. The van der Waals surface area contributed by atoms with Crippen LogP contribution in [0.1, 0.15) is 27.2 Å². The van der Waals surface area contributed by atoms with E-state index in [1.54, 1.807) is 30.4 Å². The molecule has 8 heteroatoms. The number of amides is 1. The summed E-state index contributed by atoms with van der Waals surface area (Å²) in [5.41, 5.74) is 1.53. The largest absolute Gasteiger partial charge is 0.340 e. The lowest BCUT2D eigenvalue weighted by Gasteiger charge is -2.24. The molecule has 1 fully saturated rings. The molecular formula is C16H22N4O3S. The number of carbonyl (C=O) groups is 1. The van der Waals surface area contributed by atoms with E-state index < -0.39 is 19.8 Å². The molecule has 1 aliphatic heterocycles. The van der Waals surface area contributed by atoms with Crippen LogP contribution in [0.15, 0.2) is 24.3 Å². The molecule has 0 radical (unpaired) electrons. The standard InChI is InChI=1S/C16H22N4O3S/c1-16(2,3)24(22,23)12-8-9-19(10-12)15(21)11-20-14-7-5-4-6-13(14)17-18-20/h4-7,12H,8-11H2,1-3H3/t12-/m1/s1. The van der Waals surface area contributed by atoms with Crippen LogP contribution in [0.5, 0.6) is 0 Å². The molecule has 1 aromatic heterocycles. The number of hydrogen-bond acceptors (Lipinski definition) is 5. The first-order valence-corrected chi connectivity index (χ1v) is 9.54. The molecule has 24 heavy (non-hydrogen) atoms. The molecule has 2 heterocycles. The number of fused-ring (bicyclic) bond motifs is 1. The second-order valence-corrected chi connectivity index (χ2v) is 10.1. The Morgan fingerprint density at radius 1 is 1.29 bits per heavy atom. The van der Waals surface area contributed by atoms with Gasteiger partial charge in [-0.05, 0) is 39.3 Å². The van der Waals surface area contributed by atoms with Crippen molar-refractivity contribution in [2.45, 2.75) is 43.7 Å². The predicted molar refractivity (Wildman–Crippen MR) is 91.2 cm³/mol. The van der Waals surface area contributed by atoms with Gasteiger partial charge in [0, 0.05) is 13.1 Å². The summed E-state index contributed by atoms with van der Waals surface area (Å²) in [6, 6.07) is 7.44. The fourth-order valence-corrected chi connectivity index (χ4v) is 4.76. The molecule has 1 amide bonds. The van der Waals surface area contributed by atoms with Crippen LogP contribution in [0.2, 0.25) is 0 Å². The van der Waals surface area contributed by atoms with Gasteiger partial charge in [-0.3, -0.25) is 4.79 Å². The third-order valence-electron chi connectivity index (χ3n) is 4.50. The fraction of sp³-hybridized carbons (Fsp3) is 0.562. The molecule has 0 bridgehead atoms. The van der Waals surface area contributed by atoms with Gasteiger partial charge in [0.25, 0.3) is 0 Å². The number of likely N-dealkylation sites (tertiary alicyclic amines) is 1. The number of carbonyl (C=O) groups excluding carboxylic acids is 1. The number of para-hydroxylation sites is 1. The van der Waals surface area contributed by atoms with E-state index in [2.05, 4.69) is 10.3 Å². The van der Waals surface area contributed by atoms with Crippen LogP contribution in [0.3, 0.4) is 0 Å². The summed E-state index contributed by atoms with van der Waals surface area (Å²) in [5, 5.41) is 7.55. The van der Waals surface area contributed by atoms with E-state index >= 15 is 0 Å². The molecule has 1 aromatic carbocycles. The normalized spacial score (nSPS) is 19.1. The number of sulfone groups is 1. The maximum Gasteiger partial charge on any atom is 0.244 e. The van der Waals surface area contributed by atoms with E-state index in [1.807, 2.05) is 24.3 Å². The zero-order valence-corrected chi connectivity index (χ0v) is 15.0. The molecule has 1 atom stereocenters. The number of rotatable bonds is 3. The maximum atomic E-state index is 12.5. The summed E-state index contributed by atoms with van der Waals surface area (Å²) >= 11 is 0. The Morgan fingerprint density at radius 2 is 2.00 bits per heavy atom. The summed E-state index contributed by atoms with van der Waals surface area (Å²) < 4.78 is 25.8. The molecule has 0 aliphatic carbocycles. The Bertz CT molecular complexity index is 867. The summed E-state index contributed by atoms with van der Waals surface area (Å²) in [4.78, 5) is 14.1. The average molecular weight is 350 g/mol. The van der Waals surface area contributed by atoms with Crippen molar-refractivity contribution in [1.29, 1.82) is 0 Å². The van der Waals surface area contributed by atoms with Crippen LogP contribution in [0.25, 0.3) is 11.0 Å². The molecule has 130 valence electrons. The minimum absolute atomic E-state index is 0.0722. The summed E-state index contributed by atoms with van der Waals surface area (Å²) in [6.07, 6.45) is 0.490. The second kappa shape index (κ2) is 5.84. The van der Waals surface area contributed by atoms with Gasteiger partial charge in [-0.25, -0.2) is 13.1 Å². The second-order valence-electron chi connectivity index (χ2n) is 7.14. The zero-order chi connectivity index (χ0) is 17.5. The molecule has 1 saturated heterocycles. The Kier molecular flexibility index (Phi) is 4.11. The molecule has 2 aromatic rings. The van der Waals surface area contributed by atoms with Crippen molar-refractivity contribution in [3.63, 3.8) is 0 Å². The van der Waals surface area contributed by atoms with Crippen molar-refractivity contribution in [2.75, 3.05) is 13.1 Å². The van der Waals surface area contributed by atoms with Crippen LogP contribution >= 0.6 is 0 Å². The topological polar surface area (TPSA) is 85.2 Å². The Morgan fingerprint density at radius 3 is 2.71 bits per heavy atom. The van der Waals surface area contributed by atoms with Gasteiger partial charge in [-0.1, -0.05) is 17.3 Å². The first-order valence-electron chi connectivity index (χ1n) is 7.99. The van der Waals surface area contributed by atoms with E-state index in [1.165, 1.54) is 0 Å². The van der Waals surface area contributed by atoms with E-state index in [9.17, 15) is 13.2 Å². The van der Waals surface area contributed by atoms with Crippen LogP contribution in [0, 0.1) is 0 Å². The molecule has 0 unspecified atom stereocenters. The number of aromatic nitrogens is 3. The van der Waals surface area contributed by atoms with Crippen molar-refractivity contribution in [3.8, 4) is 0 Å². The van der Waals surface area contributed by atoms with E-state index in [-0.39, 0.29) is 19.0 Å². The van der Waals surface area contributed by atoms with Crippen LogP contribution in [0.4, 0.5) is 0 Å². The van der Waals surface area contributed by atoms with Crippen LogP contribution in [-0.2, 0) is 21.2 Å². The van der Waals surface area contributed by atoms with Gasteiger partial charge < -0.3 is 4.90 Å². The van der Waals surface area contributed by atoms with Gasteiger partial charge >= 0.3 is 0 Å². The van der Waals surface area contributed by atoms with Crippen LogP contribution < -0.4 is 0 Å². The van der Waals surface area contributed by atoms with Gasteiger partial charge in [0.15, 0.2) is 9.84 Å². The third-order valence-corrected chi connectivity index (χ3v) is 7.46. The van der Waals surface area contributed by atoms with Crippen molar-refractivity contribution in [3.05, 3.63) is 24.3 Å². The lowest BCUT2D eigenvalue weighted by atomic mass is 10.3. The summed E-state index contributed by atoms with van der Waals surface area (Å²) in [6.45, 7) is 5.90. The molecule has 0 saturated carbocycles. The quantitative estimate of drug-likeness (QED) is 0.831. The maximum absolute atomic E-state index is 12.5. The number of nitrogens with zero attached hydrogens (tertiary/aromatic N) is 4. The highest BCUT2D eigenvalue weighted by molar-refractivity contribution is 7.93.